The van der Waals surface area contributed by atoms with Gasteiger partial charge in [-0.2, -0.15) is 0 Å². The maximum Gasteiger partial charge on any atom is 0.189 e. The highest BCUT2D eigenvalue weighted by atomic mass is 16.3. The molecular weight excluding hydrogens is 144 g/mol. The summed E-state index contributed by atoms with van der Waals surface area (Å²) in [7, 11) is 0. The number of hydrogen-bond acceptors (Lipinski definition) is 3. The van der Waals surface area contributed by atoms with E-state index in [1.165, 1.54) is 6.92 Å². The molecular formula is C8H14O3. The minimum Gasteiger partial charge on any atom is -0.390 e. The Kier molecular flexibility index (Phi) is 4.00. The Hall–Kier alpha value is -0.670. The number of aliphatic hydroxyl groups is 2. The second-order valence-corrected chi connectivity index (χ2v) is 2.52. The first-order valence-electron chi connectivity index (χ1n) is 3.54. The van der Waals surface area contributed by atoms with E-state index in [2.05, 4.69) is 0 Å². The molecule has 0 spiro atoms. The van der Waals surface area contributed by atoms with Crippen molar-refractivity contribution in [2.75, 3.05) is 0 Å². The second-order valence-electron chi connectivity index (χ2n) is 2.52. The summed E-state index contributed by atoms with van der Waals surface area (Å²) in [5.74, 6) is -0.414. The van der Waals surface area contributed by atoms with Crippen LogP contribution in [0.25, 0.3) is 0 Å². The number of aliphatic hydroxyl groups excluding tert-OH is 2. The van der Waals surface area contributed by atoms with Crippen LogP contribution in [0.5, 0.6) is 0 Å². The molecule has 0 amide bonds. The largest absolute Gasteiger partial charge is 0.390 e. The van der Waals surface area contributed by atoms with Crippen LogP contribution in [0.2, 0.25) is 0 Å². The van der Waals surface area contributed by atoms with Crippen LogP contribution in [0.3, 0.4) is 0 Å². The van der Waals surface area contributed by atoms with Crippen molar-refractivity contribution >= 4 is 5.78 Å². The number of carbonyl (C=O) groups excluding carboxylic acids is 1. The number of carbonyl (C=O) groups is 1. The number of hydrogen-bond donors (Lipinski definition) is 2. The molecule has 0 aliphatic heterocycles. The Morgan fingerprint density at radius 2 is 1.91 bits per heavy atom. The molecule has 0 saturated heterocycles. The fourth-order valence-electron chi connectivity index (χ4n) is 0.595. The van der Waals surface area contributed by atoms with Gasteiger partial charge in [-0.05, 0) is 26.3 Å². The minimum absolute atomic E-state index is 0.414. The molecule has 2 unspecified atom stereocenters. The lowest BCUT2D eigenvalue weighted by Gasteiger charge is -2.11. The van der Waals surface area contributed by atoms with Gasteiger partial charge in [0, 0.05) is 0 Å². The van der Waals surface area contributed by atoms with Crippen molar-refractivity contribution in [3.05, 3.63) is 11.6 Å². The van der Waals surface area contributed by atoms with E-state index in [4.69, 9.17) is 10.2 Å². The zero-order valence-corrected chi connectivity index (χ0v) is 7.03. The molecule has 3 heteroatoms. The number of ketones is 1. The van der Waals surface area contributed by atoms with E-state index in [1.54, 1.807) is 19.9 Å². The molecule has 11 heavy (non-hydrogen) atoms. The summed E-state index contributed by atoms with van der Waals surface area (Å²) >= 11 is 0. The molecule has 0 saturated carbocycles. The van der Waals surface area contributed by atoms with E-state index in [1.807, 2.05) is 0 Å². The maximum absolute atomic E-state index is 11.0. The van der Waals surface area contributed by atoms with Crippen LogP contribution in [-0.4, -0.2) is 28.2 Å². The monoisotopic (exact) mass is 158 g/mol. The zero-order valence-electron chi connectivity index (χ0n) is 7.03. The average Bonchev–Trinajstić information content (AvgIpc) is 2.00. The van der Waals surface area contributed by atoms with Gasteiger partial charge < -0.3 is 10.2 Å². The van der Waals surface area contributed by atoms with Crippen molar-refractivity contribution in [1.82, 2.24) is 0 Å². The first-order valence-corrected chi connectivity index (χ1v) is 3.54. The third kappa shape index (κ3) is 2.82. The van der Waals surface area contributed by atoms with Crippen molar-refractivity contribution in [2.45, 2.75) is 33.0 Å². The van der Waals surface area contributed by atoms with Crippen molar-refractivity contribution < 1.29 is 15.0 Å². The van der Waals surface area contributed by atoms with Gasteiger partial charge in [-0.1, -0.05) is 6.08 Å². The van der Waals surface area contributed by atoms with Crippen LogP contribution in [0.4, 0.5) is 0 Å². The van der Waals surface area contributed by atoms with Crippen LogP contribution in [0.15, 0.2) is 11.6 Å². The Morgan fingerprint density at radius 1 is 1.45 bits per heavy atom. The highest BCUT2D eigenvalue weighted by molar-refractivity contribution is 5.98. The van der Waals surface area contributed by atoms with E-state index in [0.717, 1.165) is 0 Å². The summed E-state index contributed by atoms with van der Waals surface area (Å²) in [6.07, 6.45) is -0.683. The van der Waals surface area contributed by atoms with Gasteiger partial charge in [0.25, 0.3) is 0 Å². The van der Waals surface area contributed by atoms with E-state index in [-0.39, 0.29) is 0 Å². The fraction of sp³-hybridized carbons (Fsp3) is 0.625. The molecule has 64 valence electrons. The van der Waals surface area contributed by atoms with Crippen molar-refractivity contribution in [3.63, 3.8) is 0 Å². The number of allylic oxidation sites excluding steroid dienone is 1. The third-order valence-corrected chi connectivity index (χ3v) is 1.55. The molecule has 0 rings (SSSR count). The summed E-state index contributed by atoms with van der Waals surface area (Å²) in [6, 6.07) is 0. The molecule has 0 aromatic carbocycles. The first-order chi connectivity index (χ1) is 5.00. The van der Waals surface area contributed by atoms with Crippen LogP contribution >= 0.6 is 0 Å². The van der Waals surface area contributed by atoms with E-state index < -0.39 is 18.0 Å². The maximum atomic E-state index is 11.0. The molecule has 0 aliphatic carbocycles. The highest BCUT2D eigenvalue weighted by Crippen LogP contribution is 2.02. The Balaban J connectivity index is 4.26. The molecule has 0 radical (unpaired) electrons. The summed E-state index contributed by atoms with van der Waals surface area (Å²) in [4.78, 5) is 11.0. The third-order valence-electron chi connectivity index (χ3n) is 1.55. The summed E-state index contributed by atoms with van der Waals surface area (Å²) in [6.45, 7) is 4.70. The minimum atomic E-state index is -1.29. The summed E-state index contributed by atoms with van der Waals surface area (Å²) < 4.78 is 0. The second kappa shape index (κ2) is 4.26. The standard InChI is InChI=1S/C8H14O3/c1-4-5(2)7(10)8(11)6(3)9/h4,6,8-9,11H,1-3H3/b5-4+. The van der Waals surface area contributed by atoms with Crippen LogP contribution in [0.1, 0.15) is 20.8 Å². The van der Waals surface area contributed by atoms with Gasteiger partial charge in [0.15, 0.2) is 5.78 Å². The Bertz CT molecular complexity index is 170. The van der Waals surface area contributed by atoms with Gasteiger partial charge in [-0.15, -0.1) is 0 Å². The van der Waals surface area contributed by atoms with Crippen LogP contribution in [0, 0.1) is 0 Å². The molecule has 2 N–H and O–H groups in total. The van der Waals surface area contributed by atoms with Gasteiger partial charge >= 0.3 is 0 Å². The molecule has 0 aromatic rings. The predicted molar refractivity (Wildman–Crippen MR) is 42.1 cm³/mol. The summed E-state index contributed by atoms with van der Waals surface area (Å²) in [5.41, 5.74) is 0.471. The van der Waals surface area contributed by atoms with Crippen molar-refractivity contribution in [3.8, 4) is 0 Å². The van der Waals surface area contributed by atoms with E-state index in [9.17, 15) is 4.79 Å². The lowest BCUT2D eigenvalue weighted by atomic mass is 10.0. The topological polar surface area (TPSA) is 57.5 Å². The molecule has 0 fully saturated rings. The molecule has 0 heterocycles. The molecule has 0 aliphatic rings. The smallest absolute Gasteiger partial charge is 0.189 e. The van der Waals surface area contributed by atoms with Crippen LogP contribution in [-0.2, 0) is 4.79 Å². The number of Topliss-reactive ketones (excluding diaryl/α,β-unsaturated/α-hetero) is 1. The zero-order chi connectivity index (χ0) is 9.02. The molecule has 2 atom stereocenters. The van der Waals surface area contributed by atoms with Gasteiger partial charge in [0.1, 0.15) is 6.10 Å². The van der Waals surface area contributed by atoms with E-state index in [0.29, 0.717) is 5.57 Å². The van der Waals surface area contributed by atoms with Crippen molar-refractivity contribution in [2.24, 2.45) is 0 Å². The van der Waals surface area contributed by atoms with Gasteiger partial charge in [-0.3, -0.25) is 4.79 Å². The molecule has 0 aromatic heterocycles. The highest BCUT2D eigenvalue weighted by Gasteiger charge is 2.20. The lowest BCUT2D eigenvalue weighted by Crippen LogP contribution is -2.32. The van der Waals surface area contributed by atoms with Gasteiger partial charge in [0.2, 0.25) is 0 Å². The quantitative estimate of drug-likeness (QED) is 0.579. The fourth-order valence-corrected chi connectivity index (χ4v) is 0.595. The van der Waals surface area contributed by atoms with Gasteiger partial charge in [-0.25, -0.2) is 0 Å². The normalized spacial score (nSPS) is 17.7. The predicted octanol–water partition coefficient (Wildman–Crippen LogP) is 0.263. The lowest BCUT2D eigenvalue weighted by molar-refractivity contribution is -0.128. The average molecular weight is 158 g/mol. The van der Waals surface area contributed by atoms with Crippen molar-refractivity contribution in [1.29, 1.82) is 0 Å². The van der Waals surface area contributed by atoms with E-state index >= 15 is 0 Å². The van der Waals surface area contributed by atoms with Crippen LogP contribution < -0.4 is 0 Å². The van der Waals surface area contributed by atoms with Gasteiger partial charge in [0.05, 0.1) is 6.10 Å². The first kappa shape index (κ1) is 10.3. The Labute approximate surface area is 66.4 Å². The number of rotatable bonds is 3. The molecule has 3 nitrogen and oxygen atoms in total. The molecule has 0 bridgehead atoms. The summed E-state index contributed by atoms with van der Waals surface area (Å²) in [5, 5.41) is 17.9. The Morgan fingerprint density at radius 3 is 2.18 bits per heavy atom. The SMILES string of the molecule is C/C=C(\C)C(=O)C(O)C(C)O.